The van der Waals surface area contributed by atoms with Crippen molar-refractivity contribution in [3.63, 3.8) is 0 Å². The number of benzene rings is 8. The molecule has 0 aromatic heterocycles. The van der Waals surface area contributed by atoms with E-state index in [0.29, 0.717) is 0 Å². The number of halogens is 2. The fraction of sp³-hybridized carbons (Fsp3) is 0.0769. The molecule has 274 valence electrons. The van der Waals surface area contributed by atoms with Crippen molar-refractivity contribution < 1.29 is 17.1 Å². The Labute approximate surface area is 345 Å². The van der Waals surface area contributed by atoms with Crippen LogP contribution in [-0.4, -0.2) is 6.94 Å². The zero-order chi connectivity index (χ0) is 36.5. The van der Waals surface area contributed by atoms with Crippen LogP contribution in [0, 0.1) is 0 Å². The molecule has 0 nitrogen and oxygen atoms in total. The summed E-state index contributed by atoms with van der Waals surface area (Å²) in [5, 5.41) is 5.18. The molecule has 0 heterocycles. The number of fused-ring (bicyclic) bond motifs is 4. The van der Waals surface area contributed by atoms with Crippen molar-refractivity contribution in [2.45, 2.75) is 21.2 Å². The zero-order valence-corrected chi connectivity index (χ0v) is 38.3. The Morgan fingerprint density at radius 2 is 0.714 bits per heavy atom. The first-order chi connectivity index (χ1) is 26.5. The van der Waals surface area contributed by atoms with Crippen LogP contribution in [0.2, 0.25) is 0 Å². The molecule has 56 heavy (non-hydrogen) atoms. The molecule has 0 amide bonds. The predicted molar refractivity (Wildman–Crippen MR) is 247 cm³/mol. The molecular formula is C52H44Cl2HfSi. The standard InChI is InChI=1S/2C20H15.2C6H5.2ClH.Hf.H2Si/c2*1-14-12-16-8-5-11-19(20(16)13-14)18-10-4-7-15-6-2-3-9-17(15)18;2*1-2-4-6-5-3-1;;;;/h2*2-13H,1H3;2*1-5H;2*1H;;1H2. The molecule has 0 saturated carbocycles. The van der Waals surface area contributed by atoms with Gasteiger partial charge in [0.1, 0.15) is 0 Å². The van der Waals surface area contributed by atoms with Gasteiger partial charge in [0, 0.05) is 0 Å². The van der Waals surface area contributed by atoms with Gasteiger partial charge in [-0.05, 0) is 0 Å². The molecule has 2 unspecified atom stereocenters. The first kappa shape index (κ1) is 38.3. The van der Waals surface area contributed by atoms with Gasteiger partial charge < -0.3 is 0 Å². The maximum Gasteiger partial charge on any atom is -0.147 e. The van der Waals surface area contributed by atoms with Gasteiger partial charge in [-0.2, -0.15) is 0 Å². The van der Waals surface area contributed by atoms with Crippen LogP contribution in [0.25, 0.3) is 56.0 Å². The van der Waals surface area contributed by atoms with E-state index in [1.54, 1.807) is 6.64 Å². The number of rotatable bonds is 6. The molecule has 0 radical (unpaired) electrons. The first-order valence-corrected chi connectivity index (χ1v) is 35.3. The summed E-state index contributed by atoms with van der Waals surface area (Å²) >= 11 is -4.93. The van der Waals surface area contributed by atoms with Crippen LogP contribution in [0.3, 0.4) is 0 Å². The molecular weight excluding hydrogens is 902 g/mol. The van der Waals surface area contributed by atoms with Crippen LogP contribution in [0.1, 0.15) is 43.5 Å². The van der Waals surface area contributed by atoms with Gasteiger partial charge in [-0.15, -0.1) is 24.8 Å². The van der Waals surface area contributed by atoms with E-state index in [2.05, 4.69) is 215 Å². The summed E-state index contributed by atoms with van der Waals surface area (Å²) in [6, 6.07) is 69.1. The summed E-state index contributed by atoms with van der Waals surface area (Å²) in [5.74, 6) is 0. The quantitative estimate of drug-likeness (QED) is 0.146. The number of hydrogen-bond acceptors (Lipinski definition) is 0. The van der Waals surface area contributed by atoms with Crippen molar-refractivity contribution in [3.05, 3.63) is 215 Å². The molecule has 8 aromatic carbocycles. The maximum atomic E-state index is 2.56. The second kappa shape index (κ2) is 14.7. The minimum atomic E-state index is -4.93. The Hall–Kier alpha value is -4.57. The van der Waals surface area contributed by atoms with Gasteiger partial charge in [0.25, 0.3) is 0 Å². The second-order valence-corrected chi connectivity index (χ2v) is 48.2. The van der Waals surface area contributed by atoms with Crippen LogP contribution in [0.15, 0.2) is 193 Å². The van der Waals surface area contributed by atoms with E-state index in [4.69, 9.17) is 0 Å². The molecule has 2 atom stereocenters. The summed E-state index contributed by atoms with van der Waals surface area (Å²) < 4.78 is 3.66. The van der Waals surface area contributed by atoms with E-state index < -0.39 is 17.1 Å². The minimum Gasteiger partial charge on any atom is -0.147 e. The van der Waals surface area contributed by atoms with Gasteiger partial charge in [0.2, 0.25) is 0 Å². The first-order valence-electron chi connectivity index (χ1n) is 19.2. The van der Waals surface area contributed by atoms with Gasteiger partial charge in [0.15, 0.2) is 0 Å². The molecule has 2 aliphatic carbocycles. The average molecular weight is 946 g/mol. The fourth-order valence-corrected chi connectivity index (χ4v) is 52.9. The molecule has 0 saturated heterocycles. The van der Waals surface area contributed by atoms with E-state index in [1.165, 1.54) is 77.2 Å². The van der Waals surface area contributed by atoms with Gasteiger partial charge in [0.05, 0.1) is 0 Å². The van der Waals surface area contributed by atoms with E-state index in [9.17, 15) is 0 Å². The molecule has 0 fully saturated rings. The minimum absolute atomic E-state index is 0. The Morgan fingerprint density at radius 1 is 0.375 bits per heavy atom. The second-order valence-electron chi connectivity index (χ2n) is 15.7. The van der Waals surface area contributed by atoms with Crippen LogP contribution < -0.4 is 6.64 Å². The summed E-state index contributed by atoms with van der Waals surface area (Å²) in [5.41, 5.74) is 14.0. The predicted octanol–water partition coefficient (Wildman–Crippen LogP) is 12.7. The Kier molecular flexibility index (Phi) is 10.1. The largest absolute Gasteiger partial charge is 0.147 e. The van der Waals surface area contributed by atoms with Gasteiger partial charge in [-0.25, -0.2) is 0 Å². The molecule has 0 aliphatic heterocycles. The third-order valence-electron chi connectivity index (χ3n) is 12.9. The van der Waals surface area contributed by atoms with E-state index in [0.717, 1.165) is 0 Å². The smallest absolute Gasteiger partial charge is 0.147 e. The van der Waals surface area contributed by atoms with Gasteiger partial charge in [-0.3, -0.25) is 0 Å². The molecule has 4 heteroatoms. The van der Waals surface area contributed by atoms with Gasteiger partial charge >= 0.3 is 323 Å². The number of allylic oxidation sites excluding steroid dienone is 2. The van der Waals surface area contributed by atoms with Crippen LogP contribution in [0.4, 0.5) is 0 Å². The SMILES string of the molecule is CC1=Cc2c(-c3cccc4ccccc34)cccc2[CH]1[Hf](=[SiH2])([c]1ccccc1)([c]1ccccc1)[CH]1C(C)=Cc2c(-c3cccc4ccccc34)cccc21.Cl.Cl. The summed E-state index contributed by atoms with van der Waals surface area (Å²) in [7, 11) is 0. The van der Waals surface area contributed by atoms with Crippen molar-refractivity contribution in [1.82, 2.24) is 0 Å². The maximum absolute atomic E-state index is 4.93. The molecule has 8 aromatic rings. The van der Waals surface area contributed by atoms with E-state index >= 15 is 0 Å². The summed E-state index contributed by atoms with van der Waals surface area (Å²) in [6.07, 6.45) is 5.13. The van der Waals surface area contributed by atoms with Crippen molar-refractivity contribution >= 4 is 72.1 Å². The normalized spacial score (nSPS) is 16.0. The van der Waals surface area contributed by atoms with Crippen molar-refractivity contribution in [1.29, 1.82) is 0 Å². The Morgan fingerprint density at radius 3 is 1.14 bits per heavy atom. The molecule has 0 bridgehead atoms. The van der Waals surface area contributed by atoms with Crippen LogP contribution >= 0.6 is 24.8 Å². The van der Waals surface area contributed by atoms with Crippen molar-refractivity contribution in [2.75, 3.05) is 0 Å². The molecule has 10 rings (SSSR count). The Balaban J connectivity index is 0.00000220. The topological polar surface area (TPSA) is 0 Å². The molecule has 0 spiro atoms. The Bertz CT molecular complexity index is 2720. The molecule has 0 N–H and O–H groups in total. The van der Waals surface area contributed by atoms with Crippen molar-refractivity contribution in [3.8, 4) is 22.3 Å². The molecule has 2 aliphatic rings. The van der Waals surface area contributed by atoms with Crippen LogP contribution in [0.5, 0.6) is 0 Å². The van der Waals surface area contributed by atoms with Gasteiger partial charge in [-0.1, -0.05) is 0 Å². The summed E-state index contributed by atoms with van der Waals surface area (Å²) in [6.45, 7) is 7.34. The van der Waals surface area contributed by atoms with Crippen molar-refractivity contribution in [2.24, 2.45) is 0 Å². The third kappa shape index (κ3) is 5.48. The summed E-state index contributed by atoms with van der Waals surface area (Å²) in [4.78, 5) is 0. The van der Waals surface area contributed by atoms with E-state index in [1.807, 2.05) is 0 Å². The fourth-order valence-electron chi connectivity index (χ4n) is 10.9. The van der Waals surface area contributed by atoms with E-state index in [-0.39, 0.29) is 32.2 Å². The van der Waals surface area contributed by atoms with Crippen LogP contribution in [-0.2, 0) is 17.1 Å². The monoisotopic (exact) mass is 946 g/mol. The average Bonchev–Trinajstić information content (AvgIpc) is 3.77. The zero-order valence-electron chi connectivity index (χ0n) is 31.7. The number of hydrogen-bond donors (Lipinski definition) is 0. The third-order valence-corrected chi connectivity index (χ3v) is 53.5.